The summed E-state index contributed by atoms with van der Waals surface area (Å²) in [5, 5.41) is 6.16. The van der Waals surface area contributed by atoms with Gasteiger partial charge in [-0.1, -0.05) is 29.8 Å². The predicted octanol–water partition coefficient (Wildman–Crippen LogP) is 3.22. The molecule has 0 unspecified atom stereocenters. The third-order valence-corrected chi connectivity index (χ3v) is 4.17. The molecule has 0 atom stereocenters. The van der Waals surface area contributed by atoms with Gasteiger partial charge in [-0.2, -0.15) is 5.10 Å². The number of halogens is 1. The van der Waals surface area contributed by atoms with Crippen molar-refractivity contribution >= 4 is 28.2 Å². The first-order valence-electron chi connectivity index (χ1n) is 7.06. The lowest BCUT2D eigenvalue weighted by atomic mass is 9.98. The highest BCUT2D eigenvalue weighted by Gasteiger charge is 2.28. The molecule has 21 heavy (non-hydrogen) atoms. The van der Waals surface area contributed by atoms with Crippen LogP contribution in [0.2, 0.25) is 5.02 Å². The van der Waals surface area contributed by atoms with Crippen molar-refractivity contribution in [2.45, 2.75) is 6.54 Å². The van der Waals surface area contributed by atoms with E-state index >= 15 is 0 Å². The molecule has 3 aromatic rings. The van der Waals surface area contributed by atoms with Crippen molar-refractivity contribution in [2.24, 2.45) is 5.92 Å². The fraction of sp³-hybridized carbons (Fsp3) is 0.250. The van der Waals surface area contributed by atoms with Gasteiger partial charge in [0.05, 0.1) is 16.7 Å². The Morgan fingerprint density at radius 2 is 2.05 bits per heavy atom. The molecule has 1 aromatic carbocycles. The van der Waals surface area contributed by atoms with E-state index in [-0.39, 0.29) is 0 Å². The minimum atomic E-state index is 0.618. The molecule has 0 N–H and O–H groups in total. The lowest BCUT2D eigenvalue weighted by Gasteiger charge is -2.41. The van der Waals surface area contributed by atoms with Gasteiger partial charge in [-0.25, -0.2) is 0 Å². The average Bonchev–Trinajstić information content (AvgIpc) is 2.87. The summed E-state index contributed by atoms with van der Waals surface area (Å²) in [6, 6.07) is 10.4. The summed E-state index contributed by atoms with van der Waals surface area (Å²) in [6.45, 7) is 3.02. The maximum Gasteiger partial charge on any atom is 0.0785 e. The highest BCUT2D eigenvalue weighted by Crippen LogP contribution is 2.31. The number of fused-ring (bicyclic) bond motifs is 1. The molecular weight excluding hydrogens is 284 g/mol. The van der Waals surface area contributed by atoms with Crippen LogP contribution in [-0.2, 0) is 6.54 Å². The van der Waals surface area contributed by atoms with E-state index in [1.54, 1.807) is 6.20 Å². The molecule has 4 nitrogen and oxygen atoms in total. The number of nitrogens with zero attached hydrogens (tertiary/aromatic N) is 4. The molecule has 0 amide bonds. The van der Waals surface area contributed by atoms with Crippen LogP contribution in [0.5, 0.6) is 0 Å². The third kappa shape index (κ3) is 2.36. The molecule has 0 radical (unpaired) electrons. The molecule has 0 aliphatic carbocycles. The first-order valence-corrected chi connectivity index (χ1v) is 7.44. The highest BCUT2D eigenvalue weighted by molar-refractivity contribution is 6.30. The van der Waals surface area contributed by atoms with E-state index in [0.29, 0.717) is 10.9 Å². The maximum absolute atomic E-state index is 5.89. The van der Waals surface area contributed by atoms with Crippen molar-refractivity contribution in [1.29, 1.82) is 0 Å². The van der Waals surface area contributed by atoms with Gasteiger partial charge >= 0.3 is 0 Å². The van der Waals surface area contributed by atoms with Crippen LogP contribution in [0, 0.1) is 5.92 Å². The van der Waals surface area contributed by atoms with Crippen molar-refractivity contribution < 1.29 is 0 Å². The number of hydrogen-bond donors (Lipinski definition) is 0. The van der Waals surface area contributed by atoms with Crippen LogP contribution in [0.3, 0.4) is 0 Å². The summed E-state index contributed by atoms with van der Waals surface area (Å²) in [6.07, 6.45) is 5.46. The summed E-state index contributed by atoms with van der Waals surface area (Å²) < 4.78 is 1.93. The molecule has 0 saturated carbocycles. The van der Waals surface area contributed by atoms with Crippen molar-refractivity contribution in [1.82, 2.24) is 14.8 Å². The van der Waals surface area contributed by atoms with Gasteiger partial charge in [0.2, 0.25) is 0 Å². The van der Waals surface area contributed by atoms with Gasteiger partial charge in [-0.05, 0) is 12.1 Å². The van der Waals surface area contributed by atoms with Crippen LogP contribution in [0.1, 0.15) is 0 Å². The van der Waals surface area contributed by atoms with Gasteiger partial charge in [0.25, 0.3) is 0 Å². The Hall–Kier alpha value is -2.07. The number of benzene rings is 1. The van der Waals surface area contributed by atoms with Crippen LogP contribution in [-0.4, -0.2) is 27.9 Å². The lowest BCUT2D eigenvalue weighted by molar-refractivity contribution is 0.343. The van der Waals surface area contributed by atoms with Crippen molar-refractivity contribution in [3.05, 3.63) is 53.9 Å². The molecule has 1 aliphatic heterocycles. The molecule has 3 heterocycles. The van der Waals surface area contributed by atoms with Gasteiger partial charge in [0, 0.05) is 49.0 Å². The second-order valence-electron chi connectivity index (χ2n) is 5.50. The van der Waals surface area contributed by atoms with Gasteiger partial charge < -0.3 is 4.90 Å². The van der Waals surface area contributed by atoms with E-state index in [0.717, 1.165) is 25.2 Å². The Morgan fingerprint density at radius 3 is 2.86 bits per heavy atom. The van der Waals surface area contributed by atoms with Gasteiger partial charge in [0.1, 0.15) is 0 Å². The second-order valence-corrected chi connectivity index (χ2v) is 5.94. The largest absolute Gasteiger partial charge is 0.370 e. The maximum atomic E-state index is 5.89. The Bertz CT molecular complexity index is 771. The van der Waals surface area contributed by atoms with E-state index in [2.05, 4.69) is 39.2 Å². The van der Waals surface area contributed by atoms with Crippen LogP contribution in [0.25, 0.3) is 10.9 Å². The van der Waals surface area contributed by atoms with E-state index in [4.69, 9.17) is 11.6 Å². The van der Waals surface area contributed by atoms with Crippen LogP contribution in [0.4, 0.5) is 5.69 Å². The summed E-state index contributed by atoms with van der Waals surface area (Å²) in [5.41, 5.74) is 2.33. The van der Waals surface area contributed by atoms with Gasteiger partial charge in [0.15, 0.2) is 0 Å². The summed E-state index contributed by atoms with van der Waals surface area (Å²) >= 11 is 5.89. The number of para-hydroxylation sites is 1. The molecule has 1 fully saturated rings. The molecule has 1 aliphatic rings. The number of anilines is 1. The van der Waals surface area contributed by atoms with Crippen LogP contribution < -0.4 is 4.90 Å². The minimum Gasteiger partial charge on any atom is -0.370 e. The summed E-state index contributed by atoms with van der Waals surface area (Å²) in [7, 11) is 0. The average molecular weight is 299 g/mol. The second kappa shape index (κ2) is 5.04. The molecule has 1 saturated heterocycles. The number of pyridine rings is 1. The Morgan fingerprint density at radius 1 is 1.19 bits per heavy atom. The van der Waals surface area contributed by atoms with Gasteiger partial charge in [-0.15, -0.1) is 0 Å². The van der Waals surface area contributed by atoms with Gasteiger partial charge in [-0.3, -0.25) is 9.67 Å². The first kappa shape index (κ1) is 12.7. The fourth-order valence-electron chi connectivity index (χ4n) is 2.94. The number of rotatable bonds is 3. The van der Waals surface area contributed by atoms with E-state index in [1.807, 2.05) is 23.1 Å². The SMILES string of the molecule is Clc1cnn(CC2CN(c3ccnc4ccccc34)C2)c1. The number of aromatic nitrogens is 3. The highest BCUT2D eigenvalue weighted by atomic mass is 35.5. The third-order valence-electron chi connectivity index (χ3n) is 3.97. The molecule has 0 bridgehead atoms. The molecule has 0 spiro atoms. The molecule has 2 aromatic heterocycles. The van der Waals surface area contributed by atoms with E-state index in [9.17, 15) is 0 Å². The number of hydrogen-bond acceptors (Lipinski definition) is 3. The quantitative estimate of drug-likeness (QED) is 0.744. The molecule has 106 valence electrons. The van der Waals surface area contributed by atoms with Crippen molar-refractivity contribution in [3.8, 4) is 0 Å². The standard InChI is InChI=1S/C16H15ClN4/c17-13-7-19-21(11-13)10-12-8-20(9-12)16-5-6-18-15-4-2-1-3-14(15)16/h1-7,11-12H,8-10H2. The molecular formula is C16H15ClN4. The zero-order valence-corrected chi connectivity index (χ0v) is 12.2. The Kier molecular flexibility index (Phi) is 3.04. The molecule has 5 heteroatoms. The Balaban J connectivity index is 1.49. The fourth-order valence-corrected chi connectivity index (χ4v) is 3.10. The summed E-state index contributed by atoms with van der Waals surface area (Å²) in [4.78, 5) is 6.82. The lowest BCUT2D eigenvalue weighted by Crippen LogP contribution is -2.48. The molecule has 4 rings (SSSR count). The van der Waals surface area contributed by atoms with Crippen LogP contribution >= 0.6 is 11.6 Å². The van der Waals surface area contributed by atoms with Crippen molar-refractivity contribution in [3.63, 3.8) is 0 Å². The predicted molar refractivity (Wildman–Crippen MR) is 84.7 cm³/mol. The van der Waals surface area contributed by atoms with E-state index in [1.165, 1.54) is 11.1 Å². The monoisotopic (exact) mass is 298 g/mol. The Labute approximate surface area is 128 Å². The minimum absolute atomic E-state index is 0.618. The smallest absolute Gasteiger partial charge is 0.0785 e. The summed E-state index contributed by atoms with van der Waals surface area (Å²) in [5.74, 6) is 0.618. The normalized spacial score (nSPS) is 15.4. The zero-order valence-electron chi connectivity index (χ0n) is 11.5. The topological polar surface area (TPSA) is 34.0 Å². The first-order chi connectivity index (χ1) is 10.3. The van der Waals surface area contributed by atoms with E-state index < -0.39 is 0 Å². The zero-order chi connectivity index (χ0) is 14.2. The van der Waals surface area contributed by atoms with Crippen molar-refractivity contribution in [2.75, 3.05) is 18.0 Å². The van der Waals surface area contributed by atoms with Crippen LogP contribution in [0.15, 0.2) is 48.9 Å².